The molecule has 20 heteroatoms. The quantitative estimate of drug-likeness (QED) is 0.0856. The molecule has 1 atom stereocenters. The number of imidazole rings is 1. The maximum atomic E-state index is 12.5. The third kappa shape index (κ3) is 11.6. The van der Waals surface area contributed by atoms with Gasteiger partial charge in [-0.2, -0.15) is 18.4 Å². The van der Waals surface area contributed by atoms with Gasteiger partial charge in [0.2, 0.25) is 0 Å². The Kier molecular flexibility index (Phi) is 14.2. The number of aliphatic hydroxyl groups is 1. The number of aliphatic hydroxyl groups excluding tert-OH is 1. The molecule has 0 amide bonds. The lowest BCUT2D eigenvalue weighted by atomic mass is 9.93. The van der Waals surface area contributed by atoms with E-state index in [-0.39, 0.29) is 17.6 Å². The maximum Gasteiger partial charge on any atom is 0.415 e. The van der Waals surface area contributed by atoms with Crippen LogP contribution in [0.2, 0.25) is 0 Å². The molecule has 0 bridgehead atoms. The third-order valence-electron chi connectivity index (χ3n) is 7.76. The first-order chi connectivity index (χ1) is 23.7. The number of alkyl halides is 3. The van der Waals surface area contributed by atoms with E-state index in [0.29, 0.717) is 43.1 Å². The van der Waals surface area contributed by atoms with E-state index in [2.05, 4.69) is 30.6 Å². The molecule has 0 radical (unpaired) electrons. The highest BCUT2D eigenvalue weighted by atomic mass is 19.4. The smallest absolute Gasteiger partial charge is 0.415 e. The number of hydrogen-bond donors (Lipinski definition) is 6. The number of aromatic nitrogens is 5. The lowest BCUT2D eigenvalue weighted by molar-refractivity contribution is -0.239. The van der Waals surface area contributed by atoms with Crippen molar-refractivity contribution in [1.82, 2.24) is 29.6 Å². The van der Waals surface area contributed by atoms with Crippen molar-refractivity contribution in [2.45, 2.75) is 63.0 Å². The van der Waals surface area contributed by atoms with Crippen LogP contribution < -0.4 is 15.4 Å². The highest BCUT2D eigenvalue weighted by Crippen LogP contribution is 2.33. The van der Waals surface area contributed by atoms with Crippen LogP contribution in [0.5, 0.6) is 5.75 Å². The van der Waals surface area contributed by atoms with Crippen LogP contribution in [-0.4, -0.2) is 99.2 Å². The molecule has 1 aromatic carbocycles. The molecule has 1 saturated carbocycles. The van der Waals surface area contributed by atoms with E-state index in [0.717, 1.165) is 16.7 Å². The van der Waals surface area contributed by atoms with Crippen molar-refractivity contribution in [3.8, 4) is 11.6 Å². The van der Waals surface area contributed by atoms with Crippen LogP contribution in [0.15, 0.2) is 55.1 Å². The predicted molar refractivity (Wildman–Crippen MR) is 172 cm³/mol. The van der Waals surface area contributed by atoms with Gasteiger partial charge in [0.1, 0.15) is 11.3 Å². The molecule has 3 heterocycles. The van der Waals surface area contributed by atoms with Gasteiger partial charge in [-0.1, -0.05) is 6.07 Å². The molecular formula is C31H38F3N7O10. The van der Waals surface area contributed by atoms with Crippen molar-refractivity contribution >= 4 is 40.4 Å². The summed E-state index contributed by atoms with van der Waals surface area (Å²) in [7, 11) is 1.91. The van der Waals surface area contributed by atoms with Gasteiger partial charge < -0.3 is 45.6 Å². The van der Waals surface area contributed by atoms with Crippen LogP contribution in [0.1, 0.15) is 38.5 Å². The molecule has 1 aliphatic carbocycles. The Morgan fingerprint density at radius 3 is 2.31 bits per heavy atom. The number of nitrogens with zero attached hydrogens (tertiary/aromatic N) is 5. The van der Waals surface area contributed by atoms with Gasteiger partial charge in [0.15, 0.2) is 17.7 Å². The van der Waals surface area contributed by atoms with Crippen molar-refractivity contribution in [3.63, 3.8) is 0 Å². The highest BCUT2D eigenvalue weighted by Gasteiger charge is 2.38. The van der Waals surface area contributed by atoms with E-state index >= 15 is 0 Å². The zero-order valence-electron chi connectivity index (χ0n) is 27.2. The number of rotatable bonds is 13. The molecule has 51 heavy (non-hydrogen) atoms. The number of aliphatic carboxylic acids is 2. The maximum absolute atomic E-state index is 12.5. The highest BCUT2D eigenvalue weighted by molar-refractivity contribution is 5.91. The summed E-state index contributed by atoms with van der Waals surface area (Å²) in [5, 5.41) is 44.3. The van der Waals surface area contributed by atoms with Crippen LogP contribution in [0, 0.1) is 5.92 Å². The summed E-state index contributed by atoms with van der Waals surface area (Å²) in [5.41, 5.74) is 2.41. The minimum absolute atomic E-state index is 0. The van der Waals surface area contributed by atoms with Gasteiger partial charge in [-0.25, -0.2) is 19.4 Å². The molecule has 1 unspecified atom stereocenters. The number of carbonyl (C=O) groups excluding carboxylic acids is 1. The molecule has 17 nitrogen and oxygen atoms in total. The Labute approximate surface area is 287 Å². The Morgan fingerprint density at radius 2 is 1.73 bits per heavy atom. The molecule has 3 aromatic heterocycles. The molecule has 1 fully saturated rings. The van der Waals surface area contributed by atoms with Crippen LogP contribution in [-0.2, 0) is 26.3 Å². The third-order valence-corrected chi connectivity index (χ3v) is 7.76. The predicted octanol–water partition coefficient (Wildman–Crippen LogP) is 2.84. The molecular weight excluding hydrogens is 687 g/mol. The Bertz CT molecular complexity index is 1730. The number of pyridine rings is 1. The minimum Gasteiger partial charge on any atom is -0.490 e. The van der Waals surface area contributed by atoms with Gasteiger partial charge in [0.25, 0.3) is 0 Å². The van der Waals surface area contributed by atoms with E-state index in [1.807, 2.05) is 54.2 Å². The Morgan fingerprint density at radius 1 is 1.04 bits per heavy atom. The van der Waals surface area contributed by atoms with Gasteiger partial charge >= 0.3 is 24.1 Å². The van der Waals surface area contributed by atoms with Crippen LogP contribution in [0.4, 0.5) is 24.7 Å². The van der Waals surface area contributed by atoms with Crippen LogP contribution in [0.3, 0.4) is 0 Å². The number of hydrogen-bond acceptors (Lipinski definition) is 12. The molecule has 5 rings (SSSR count). The van der Waals surface area contributed by atoms with Gasteiger partial charge in [-0.05, 0) is 37.8 Å². The van der Waals surface area contributed by atoms with Gasteiger partial charge in [0.05, 0.1) is 42.4 Å². The molecule has 1 aliphatic rings. The van der Waals surface area contributed by atoms with Crippen LogP contribution >= 0.6 is 0 Å². The van der Waals surface area contributed by atoms with Crippen molar-refractivity contribution in [2.24, 2.45) is 13.0 Å². The fourth-order valence-electron chi connectivity index (χ4n) is 5.22. The standard InChI is InChI=1S/C25H28F3N7O2.C6H8O7.H2O/c1-34-15-31-24-19(32-22-9-11-35(33-22)23-4-2-3-10-29-23)12-18(13-20(24)34)37-17-7-5-16(6-8-17)30-14-21(36)25(26,27)28;7-4(8)1-3(2-5(9)10)6(11)13-12;/h2-4,9-13,15-17,21,30,36H,5-8,14H2,1H3,(H,32,33);3,12H,1-2H2,(H,7,8)(H,9,10);1H2. The second-order valence-corrected chi connectivity index (χ2v) is 11.5. The summed E-state index contributed by atoms with van der Waals surface area (Å²) in [5.74, 6) is -3.29. The number of anilines is 2. The molecule has 0 spiro atoms. The summed E-state index contributed by atoms with van der Waals surface area (Å²) in [4.78, 5) is 42.9. The fourth-order valence-corrected chi connectivity index (χ4v) is 5.22. The number of carboxylic acid groups (broad SMARTS) is 2. The van der Waals surface area contributed by atoms with Crippen molar-refractivity contribution in [1.29, 1.82) is 0 Å². The van der Waals surface area contributed by atoms with E-state index in [1.54, 1.807) is 17.2 Å². The summed E-state index contributed by atoms with van der Waals surface area (Å²) in [6, 6.07) is 11.2. The number of nitrogens with one attached hydrogen (secondary N) is 2. The summed E-state index contributed by atoms with van der Waals surface area (Å²) in [6.07, 6.45) is -0.422. The first-order valence-corrected chi connectivity index (χ1v) is 15.4. The second-order valence-electron chi connectivity index (χ2n) is 11.5. The van der Waals surface area contributed by atoms with Crippen molar-refractivity contribution in [3.05, 3.63) is 55.1 Å². The first kappa shape index (κ1) is 40.1. The Balaban J connectivity index is 0.000000430. The zero-order chi connectivity index (χ0) is 36.4. The SMILES string of the molecule is Cn1cnc2c(Nc3ccn(-c4ccccn4)n3)cc(OC3CCC(NCC(O)C(F)(F)F)CC3)cc21.O.O=C(O)CC(CC(=O)O)C(=O)OO. The lowest BCUT2D eigenvalue weighted by Crippen LogP contribution is -2.44. The largest absolute Gasteiger partial charge is 0.490 e. The summed E-state index contributed by atoms with van der Waals surface area (Å²) in [6.45, 7) is -0.498. The number of aryl methyl sites for hydroxylation is 1. The molecule has 278 valence electrons. The second kappa shape index (κ2) is 18.1. The number of fused-ring (bicyclic) bond motifs is 1. The molecule has 0 aliphatic heterocycles. The van der Waals surface area contributed by atoms with Crippen molar-refractivity contribution < 1.29 is 63.2 Å². The van der Waals surface area contributed by atoms with E-state index in [4.69, 9.17) is 20.2 Å². The fraction of sp³-hybridized carbons (Fsp3) is 0.419. The topological polar surface area (TPSA) is 255 Å². The number of ether oxygens (including phenoxy) is 1. The van der Waals surface area contributed by atoms with Gasteiger partial charge in [0, 0.05) is 50.2 Å². The van der Waals surface area contributed by atoms with E-state index in [1.165, 1.54) is 0 Å². The van der Waals surface area contributed by atoms with Gasteiger partial charge in [-0.3, -0.25) is 9.59 Å². The first-order valence-electron chi connectivity index (χ1n) is 15.4. The minimum atomic E-state index is -4.61. The summed E-state index contributed by atoms with van der Waals surface area (Å²) >= 11 is 0. The number of carbonyl (C=O) groups is 3. The Hall–Kier alpha value is -5.31. The zero-order valence-corrected chi connectivity index (χ0v) is 27.2. The van der Waals surface area contributed by atoms with Crippen molar-refractivity contribution in [2.75, 3.05) is 11.9 Å². The lowest BCUT2D eigenvalue weighted by Gasteiger charge is -2.30. The molecule has 0 saturated heterocycles. The van der Waals surface area contributed by atoms with E-state index in [9.17, 15) is 32.7 Å². The number of halogens is 3. The normalized spacial score (nSPS) is 16.4. The number of carboxylic acids is 2. The monoisotopic (exact) mass is 725 g/mol. The van der Waals surface area contributed by atoms with Gasteiger partial charge in [-0.15, -0.1) is 5.10 Å². The molecule has 4 aromatic rings. The summed E-state index contributed by atoms with van der Waals surface area (Å²) < 4.78 is 47.5. The van der Waals surface area contributed by atoms with Crippen LogP contribution in [0.25, 0.3) is 16.9 Å². The average molecular weight is 726 g/mol. The van der Waals surface area contributed by atoms with E-state index < -0.39 is 55.5 Å². The molecule has 8 N–H and O–H groups in total. The average Bonchev–Trinajstić information content (AvgIpc) is 3.70. The number of benzene rings is 1.